The van der Waals surface area contributed by atoms with Crippen LogP contribution in [0.5, 0.6) is 0 Å². The number of nitrogens with one attached hydrogen (secondary N) is 1. The highest BCUT2D eigenvalue weighted by atomic mass is 32.2. The molecule has 3 aromatic rings. The number of nitrogens with zero attached hydrogens (tertiary/aromatic N) is 2. The average molecular weight is 592 g/mol. The summed E-state index contributed by atoms with van der Waals surface area (Å²) in [5.74, 6) is -0.380. The maximum atomic E-state index is 14.0. The van der Waals surface area contributed by atoms with E-state index in [1.54, 1.807) is 17.0 Å². The minimum absolute atomic E-state index is 0.0332. The lowest BCUT2D eigenvalue weighted by molar-refractivity contribution is -0.141. The zero-order valence-electron chi connectivity index (χ0n) is 25.5. The van der Waals surface area contributed by atoms with E-state index in [2.05, 4.69) is 5.32 Å². The summed E-state index contributed by atoms with van der Waals surface area (Å²) in [5, 5.41) is 3.09. The van der Waals surface area contributed by atoms with Gasteiger partial charge in [0.25, 0.3) is 0 Å². The Kier molecular flexibility index (Phi) is 12.2. The monoisotopic (exact) mass is 591 g/mol. The Morgan fingerprint density at radius 3 is 2.14 bits per heavy atom. The molecule has 0 heterocycles. The first-order chi connectivity index (χ1) is 20.0. The van der Waals surface area contributed by atoms with E-state index in [9.17, 15) is 18.0 Å². The summed E-state index contributed by atoms with van der Waals surface area (Å²) in [6, 6.07) is 24.4. The van der Waals surface area contributed by atoms with Gasteiger partial charge in [0.05, 0.1) is 11.9 Å². The van der Waals surface area contributed by atoms with Gasteiger partial charge in [0.15, 0.2) is 0 Å². The topological polar surface area (TPSA) is 86.8 Å². The van der Waals surface area contributed by atoms with Crippen molar-refractivity contribution >= 4 is 27.5 Å². The highest BCUT2D eigenvalue weighted by Crippen LogP contribution is 2.21. The molecule has 0 aliphatic heterocycles. The molecule has 2 atom stereocenters. The van der Waals surface area contributed by atoms with Gasteiger partial charge in [-0.25, -0.2) is 8.42 Å². The first-order valence-corrected chi connectivity index (χ1v) is 16.6. The lowest BCUT2D eigenvalue weighted by Gasteiger charge is -2.33. The molecule has 0 aliphatic carbocycles. The fourth-order valence-corrected chi connectivity index (χ4v) is 5.87. The van der Waals surface area contributed by atoms with E-state index in [0.29, 0.717) is 18.5 Å². The van der Waals surface area contributed by atoms with Crippen molar-refractivity contribution in [3.63, 3.8) is 0 Å². The second-order valence-electron chi connectivity index (χ2n) is 11.0. The quantitative estimate of drug-likeness (QED) is 0.247. The number of benzene rings is 3. The molecular formula is C34H45N3O4S. The molecule has 3 aromatic carbocycles. The molecule has 0 radical (unpaired) electrons. The van der Waals surface area contributed by atoms with Gasteiger partial charge in [-0.2, -0.15) is 0 Å². The highest BCUT2D eigenvalue weighted by Gasteiger charge is 2.31. The summed E-state index contributed by atoms with van der Waals surface area (Å²) in [6.45, 7) is 8.45. The van der Waals surface area contributed by atoms with Crippen LogP contribution >= 0.6 is 0 Å². The van der Waals surface area contributed by atoms with Crippen molar-refractivity contribution in [1.29, 1.82) is 0 Å². The van der Waals surface area contributed by atoms with Crippen LogP contribution in [0.15, 0.2) is 78.9 Å². The first kappa shape index (κ1) is 32.9. The standard InChI is InChI=1S/C34H45N3O4S/c1-6-27(4)35-34(39)32(24-29-14-9-8-10-15-29)36(25-30-16-11-13-26(3)23-30)33(38)17-12-22-37(42(5,40)41)31-20-18-28(7-2)19-21-31/h8-11,13-16,18-21,23,27,32H,6-7,12,17,22,24-25H2,1-5H3,(H,35,39)/t27-,32-/m0/s1. The lowest BCUT2D eigenvalue weighted by Crippen LogP contribution is -2.52. The highest BCUT2D eigenvalue weighted by molar-refractivity contribution is 7.92. The van der Waals surface area contributed by atoms with Crippen LogP contribution in [0.25, 0.3) is 0 Å². The summed E-state index contributed by atoms with van der Waals surface area (Å²) in [5.41, 5.74) is 4.67. The van der Waals surface area contributed by atoms with Gasteiger partial charge in [0.1, 0.15) is 6.04 Å². The minimum Gasteiger partial charge on any atom is -0.352 e. The number of hydrogen-bond acceptors (Lipinski definition) is 4. The van der Waals surface area contributed by atoms with Gasteiger partial charge in [-0.05, 0) is 61.9 Å². The molecule has 0 aliphatic rings. The van der Waals surface area contributed by atoms with E-state index in [1.807, 2.05) is 94.4 Å². The Balaban J connectivity index is 1.88. The Labute approximate surface area is 252 Å². The van der Waals surface area contributed by atoms with E-state index in [1.165, 1.54) is 10.6 Å². The summed E-state index contributed by atoms with van der Waals surface area (Å²) < 4.78 is 26.7. The van der Waals surface area contributed by atoms with Gasteiger partial charge >= 0.3 is 0 Å². The van der Waals surface area contributed by atoms with E-state index in [-0.39, 0.29) is 37.4 Å². The number of sulfonamides is 1. The molecule has 8 heteroatoms. The molecule has 42 heavy (non-hydrogen) atoms. The first-order valence-electron chi connectivity index (χ1n) is 14.8. The minimum atomic E-state index is -3.55. The van der Waals surface area contributed by atoms with Crippen molar-refractivity contribution in [1.82, 2.24) is 10.2 Å². The fourth-order valence-electron chi connectivity index (χ4n) is 4.90. The third-order valence-electron chi connectivity index (χ3n) is 7.49. The number of rotatable bonds is 15. The van der Waals surface area contributed by atoms with Crippen molar-refractivity contribution in [2.24, 2.45) is 0 Å². The molecule has 0 spiro atoms. The second kappa shape index (κ2) is 15.5. The zero-order valence-corrected chi connectivity index (χ0v) is 26.4. The third kappa shape index (κ3) is 9.72. The summed E-state index contributed by atoms with van der Waals surface area (Å²) >= 11 is 0. The van der Waals surface area contributed by atoms with Crippen LogP contribution in [0.2, 0.25) is 0 Å². The van der Waals surface area contributed by atoms with E-state index >= 15 is 0 Å². The van der Waals surface area contributed by atoms with E-state index < -0.39 is 16.1 Å². The fraction of sp³-hybridized carbons (Fsp3) is 0.412. The predicted molar refractivity (Wildman–Crippen MR) is 171 cm³/mol. The molecule has 2 amide bonds. The van der Waals surface area contributed by atoms with Gasteiger partial charge in [-0.1, -0.05) is 86.1 Å². The number of carbonyl (C=O) groups excluding carboxylic acids is 2. The SMILES string of the molecule is CCc1ccc(N(CCCC(=O)N(Cc2cccc(C)c2)[C@@H](Cc2ccccc2)C(=O)N[C@@H](C)CC)S(C)(=O)=O)cc1. The Morgan fingerprint density at radius 1 is 0.881 bits per heavy atom. The van der Waals surface area contributed by atoms with Crippen molar-refractivity contribution in [2.45, 2.75) is 78.4 Å². The molecule has 0 unspecified atom stereocenters. The summed E-state index contributed by atoms with van der Waals surface area (Å²) in [4.78, 5) is 29.3. The molecule has 0 fully saturated rings. The van der Waals surface area contributed by atoms with E-state index in [4.69, 9.17) is 0 Å². The van der Waals surface area contributed by atoms with Gasteiger partial charge in [-0.15, -0.1) is 0 Å². The number of amides is 2. The smallest absolute Gasteiger partial charge is 0.243 e. The van der Waals surface area contributed by atoms with Gasteiger partial charge < -0.3 is 10.2 Å². The average Bonchev–Trinajstić information content (AvgIpc) is 2.97. The van der Waals surface area contributed by atoms with E-state index in [0.717, 1.165) is 35.1 Å². The lowest BCUT2D eigenvalue weighted by atomic mass is 10.0. The molecule has 0 saturated heterocycles. The summed E-state index contributed by atoms with van der Waals surface area (Å²) in [7, 11) is -3.55. The van der Waals surface area contributed by atoms with Crippen LogP contribution < -0.4 is 9.62 Å². The Bertz CT molecular complexity index is 1410. The van der Waals surface area contributed by atoms with Crippen LogP contribution in [-0.2, 0) is 39.0 Å². The molecule has 1 N–H and O–H groups in total. The van der Waals surface area contributed by atoms with Crippen LogP contribution in [0.3, 0.4) is 0 Å². The largest absolute Gasteiger partial charge is 0.352 e. The van der Waals surface area contributed by atoms with Crippen molar-refractivity contribution < 1.29 is 18.0 Å². The number of hydrogen-bond donors (Lipinski definition) is 1. The number of aryl methyl sites for hydroxylation is 2. The maximum Gasteiger partial charge on any atom is 0.243 e. The van der Waals surface area contributed by atoms with Crippen LogP contribution in [-0.4, -0.2) is 50.0 Å². The van der Waals surface area contributed by atoms with Crippen molar-refractivity contribution in [3.05, 3.63) is 101 Å². The van der Waals surface area contributed by atoms with Crippen LogP contribution in [0, 0.1) is 6.92 Å². The van der Waals surface area contributed by atoms with Crippen molar-refractivity contribution in [2.75, 3.05) is 17.1 Å². The Hall–Kier alpha value is -3.65. The molecule has 0 bridgehead atoms. The van der Waals surface area contributed by atoms with Crippen LogP contribution in [0.4, 0.5) is 5.69 Å². The number of carbonyl (C=O) groups is 2. The molecule has 3 rings (SSSR count). The number of anilines is 1. The maximum absolute atomic E-state index is 14.0. The molecule has 0 saturated carbocycles. The van der Waals surface area contributed by atoms with Crippen molar-refractivity contribution in [3.8, 4) is 0 Å². The molecular weight excluding hydrogens is 546 g/mol. The van der Waals surface area contributed by atoms with Crippen LogP contribution in [0.1, 0.15) is 62.3 Å². The summed E-state index contributed by atoms with van der Waals surface area (Å²) in [6.07, 6.45) is 3.61. The second-order valence-corrected chi connectivity index (χ2v) is 12.9. The predicted octanol–water partition coefficient (Wildman–Crippen LogP) is 5.66. The van der Waals surface area contributed by atoms with Gasteiger partial charge in [0.2, 0.25) is 21.8 Å². The van der Waals surface area contributed by atoms with Gasteiger partial charge in [-0.3, -0.25) is 13.9 Å². The molecule has 7 nitrogen and oxygen atoms in total. The van der Waals surface area contributed by atoms with Gasteiger partial charge in [0, 0.05) is 32.0 Å². The molecule has 226 valence electrons. The normalized spacial score (nSPS) is 12.8. The zero-order chi connectivity index (χ0) is 30.7. The molecule has 0 aromatic heterocycles. The Morgan fingerprint density at radius 2 is 1.55 bits per heavy atom. The third-order valence-corrected chi connectivity index (χ3v) is 8.69.